The topological polar surface area (TPSA) is 92.0 Å². The van der Waals surface area contributed by atoms with Crippen LogP contribution in [0.3, 0.4) is 0 Å². The highest BCUT2D eigenvalue weighted by Crippen LogP contribution is 2.24. The third-order valence-electron chi connectivity index (χ3n) is 6.04. The Morgan fingerprint density at radius 2 is 1.50 bits per heavy atom. The van der Waals surface area contributed by atoms with Gasteiger partial charge in [-0.3, -0.25) is 9.69 Å². The van der Waals surface area contributed by atoms with Crippen molar-refractivity contribution in [1.29, 1.82) is 0 Å². The van der Waals surface area contributed by atoms with Gasteiger partial charge < -0.3 is 21.1 Å². The summed E-state index contributed by atoms with van der Waals surface area (Å²) in [6.45, 7) is 9.94. The van der Waals surface area contributed by atoms with Gasteiger partial charge in [-0.1, -0.05) is 41.9 Å². The Kier molecular flexibility index (Phi) is 11.0. The first-order valence-corrected chi connectivity index (χ1v) is 13.3. The molecule has 0 aliphatic heterocycles. The van der Waals surface area contributed by atoms with Gasteiger partial charge in [-0.25, -0.2) is 4.99 Å². The lowest BCUT2D eigenvalue weighted by Crippen LogP contribution is -2.45. The number of anilines is 1. The molecule has 4 N–H and O–H groups in total. The molecule has 1 atom stereocenters. The van der Waals surface area contributed by atoms with Crippen LogP contribution in [-0.2, 0) is 11.2 Å². The SMILES string of the molecule is CC(C)N(CCNC(=O)[C@H](Cc1ccccc1)N=C(N)Nc1ccc(Oc2ccc(Cl)cc2)cc1)C(C)C. The van der Waals surface area contributed by atoms with Crippen molar-refractivity contribution in [2.75, 3.05) is 18.4 Å². The molecule has 0 unspecified atom stereocenters. The Hall–Kier alpha value is -3.55. The summed E-state index contributed by atoms with van der Waals surface area (Å²) in [5, 5.41) is 6.78. The van der Waals surface area contributed by atoms with E-state index in [4.69, 9.17) is 22.1 Å². The molecule has 0 heterocycles. The second-order valence-electron chi connectivity index (χ2n) is 9.64. The van der Waals surface area contributed by atoms with E-state index in [9.17, 15) is 4.79 Å². The van der Waals surface area contributed by atoms with Gasteiger partial charge in [0.15, 0.2) is 5.96 Å². The number of rotatable bonds is 12. The summed E-state index contributed by atoms with van der Waals surface area (Å²) in [6.07, 6.45) is 0.445. The predicted octanol–water partition coefficient (Wildman–Crippen LogP) is 5.71. The van der Waals surface area contributed by atoms with Crippen molar-refractivity contribution < 1.29 is 9.53 Å². The predicted molar refractivity (Wildman–Crippen MR) is 157 cm³/mol. The maximum atomic E-state index is 13.2. The average molecular weight is 536 g/mol. The lowest BCUT2D eigenvalue weighted by Gasteiger charge is -2.30. The smallest absolute Gasteiger partial charge is 0.245 e. The minimum absolute atomic E-state index is 0.155. The minimum Gasteiger partial charge on any atom is -0.457 e. The number of halogens is 1. The number of amides is 1. The molecule has 0 aliphatic rings. The molecule has 8 heteroatoms. The molecule has 0 aliphatic carbocycles. The van der Waals surface area contributed by atoms with Gasteiger partial charge >= 0.3 is 0 Å². The summed E-state index contributed by atoms with van der Waals surface area (Å²) < 4.78 is 5.84. The maximum absolute atomic E-state index is 13.2. The van der Waals surface area contributed by atoms with Gasteiger partial charge in [0.25, 0.3) is 0 Å². The first-order chi connectivity index (χ1) is 18.2. The van der Waals surface area contributed by atoms with Crippen molar-refractivity contribution in [3.8, 4) is 11.5 Å². The average Bonchev–Trinajstić information content (AvgIpc) is 2.88. The van der Waals surface area contributed by atoms with Gasteiger partial charge in [0.05, 0.1) is 0 Å². The maximum Gasteiger partial charge on any atom is 0.245 e. The van der Waals surface area contributed by atoms with Gasteiger partial charge in [0.2, 0.25) is 5.91 Å². The van der Waals surface area contributed by atoms with E-state index in [0.717, 1.165) is 17.8 Å². The van der Waals surface area contributed by atoms with E-state index in [1.807, 2.05) is 54.6 Å². The zero-order valence-electron chi connectivity index (χ0n) is 22.5. The van der Waals surface area contributed by atoms with Crippen LogP contribution >= 0.6 is 11.6 Å². The highest BCUT2D eigenvalue weighted by Gasteiger charge is 2.20. The molecule has 3 aromatic carbocycles. The van der Waals surface area contributed by atoms with Crippen LogP contribution < -0.4 is 21.1 Å². The number of carbonyl (C=O) groups is 1. The second-order valence-corrected chi connectivity index (χ2v) is 10.1. The molecule has 0 aromatic heterocycles. The van der Waals surface area contributed by atoms with E-state index in [0.29, 0.717) is 41.6 Å². The Bertz CT molecular complexity index is 1160. The number of nitrogens with two attached hydrogens (primary N) is 1. The second kappa shape index (κ2) is 14.4. The number of benzene rings is 3. The van der Waals surface area contributed by atoms with E-state index in [-0.39, 0.29) is 11.9 Å². The van der Waals surface area contributed by atoms with E-state index >= 15 is 0 Å². The van der Waals surface area contributed by atoms with Crippen LogP contribution in [-0.4, -0.2) is 48.0 Å². The number of aliphatic imine (C=N–C) groups is 1. The van der Waals surface area contributed by atoms with Gasteiger partial charge in [-0.05, 0) is 81.8 Å². The van der Waals surface area contributed by atoms with E-state index < -0.39 is 6.04 Å². The number of hydrogen-bond acceptors (Lipinski definition) is 4. The Balaban J connectivity index is 1.65. The molecule has 0 fully saturated rings. The quantitative estimate of drug-likeness (QED) is 0.204. The zero-order chi connectivity index (χ0) is 27.5. The van der Waals surface area contributed by atoms with Crippen molar-refractivity contribution >= 4 is 29.2 Å². The Morgan fingerprint density at radius 3 is 2.08 bits per heavy atom. The van der Waals surface area contributed by atoms with E-state index in [1.165, 1.54) is 0 Å². The van der Waals surface area contributed by atoms with Crippen LogP contribution in [0, 0.1) is 0 Å². The normalized spacial score (nSPS) is 12.6. The molecule has 0 radical (unpaired) electrons. The molecule has 38 heavy (non-hydrogen) atoms. The molecular weight excluding hydrogens is 498 g/mol. The van der Waals surface area contributed by atoms with Crippen LogP contribution in [0.25, 0.3) is 0 Å². The fourth-order valence-corrected chi connectivity index (χ4v) is 4.29. The van der Waals surface area contributed by atoms with Crippen LogP contribution in [0.1, 0.15) is 33.3 Å². The zero-order valence-corrected chi connectivity index (χ0v) is 23.3. The van der Waals surface area contributed by atoms with Crippen LogP contribution in [0.4, 0.5) is 5.69 Å². The summed E-state index contributed by atoms with van der Waals surface area (Å²) in [4.78, 5) is 20.0. The van der Waals surface area contributed by atoms with Gasteiger partial charge in [0.1, 0.15) is 17.5 Å². The first-order valence-electron chi connectivity index (χ1n) is 12.9. The molecule has 7 nitrogen and oxygen atoms in total. The molecule has 0 bridgehead atoms. The van der Waals surface area contributed by atoms with E-state index in [1.54, 1.807) is 24.3 Å². The molecule has 1 amide bonds. The highest BCUT2D eigenvalue weighted by atomic mass is 35.5. The molecule has 0 saturated carbocycles. The largest absolute Gasteiger partial charge is 0.457 e. The summed E-state index contributed by atoms with van der Waals surface area (Å²) in [5.41, 5.74) is 7.98. The summed E-state index contributed by atoms with van der Waals surface area (Å²) >= 11 is 5.93. The standard InChI is InChI=1S/C30H38ClN5O2/c1-21(2)36(22(3)4)19-18-33-29(37)28(20-23-8-6-5-7-9-23)35-30(32)34-25-12-16-27(17-13-25)38-26-14-10-24(31)11-15-26/h5-17,21-22,28H,18-20H2,1-4H3,(H,33,37)(H3,32,34,35)/t28-/m0/s1. The Morgan fingerprint density at radius 1 is 0.921 bits per heavy atom. The van der Waals surface area contributed by atoms with Gasteiger partial charge in [-0.2, -0.15) is 0 Å². The number of hydrogen-bond donors (Lipinski definition) is 3. The number of ether oxygens (including phenoxy) is 1. The molecule has 3 rings (SSSR count). The highest BCUT2D eigenvalue weighted by molar-refractivity contribution is 6.30. The number of nitrogens with one attached hydrogen (secondary N) is 2. The monoisotopic (exact) mass is 535 g/mol. The fourth-order valence-electron chi connectivity index (χ4n) is 4.17. The number of guanidine groups is 1. The number of carbonyl (C=O) groups excluding carboxylic acids is 1. The number of nitrogens with zero attached hydrogens (tertiary/aromatic N) is 2. The van der Waals surface area contributed by atoms with Crippen molar-refractivity contribution in [3.05, 3.63) is 89.4 Å². The molecular formula is C30H38ClN5O2. The molecule has 0 spiro atoms. The third-order valence-corrected chi connectivity index (χ3v) is 6.29. The first kappa shape index (κ1) is 29.0. The Labute approximate surface area is 231 Å². The van der Waals surface area contributed by atoms with Gasteiger partial charge in [0, 0.05) is 42.3 Å². The van der Waals surface area contributed by atoms with Crippen molar-refractivity contribution in [2.45, 2.75) is 52.2 Å². The van der Waals surface area contributed by atoms with Crippen molar-refractivity contribution in [2.24, 2.45) is 10.7 Å². The summed E-state index contributed by atoms with van der Waals surface area (Å²) in [5.74, 6) is 1.37. The van der Waals surface area contributed by atoms with Crippen LogP contribution in [0.5, 0.6) is 11.5 Å². The van der Waals surface area contributed by atoms with Crippen LogP contribution in [0.2, 0.25) is 5.02 Å². The lowest BCUT2D eigenvalue weighted by atomic mass is 10.1. The van der Waals surface area contributed by atoms with Crippen molar-refractivity contribution in [1.82, 2.24) is 10.2 Å². The van der Waals surface area contributed by atoms with Crippen molar-refractivity contribution in [3.63, 3.8) is 0 Å². The fraction of sp³-hybridized carbons (Fsp3) is 0.333. The van der Waals surface area contributed by atoms with E-state index in [2.05, 4.69) is 48.2 Å². The molecule has 3 aromatic rings. The molecule has 0 saturated heterocycles. The molecule has 202 valence electrons. The van der Waals surface area contributed by atoms with Crippen LogP contribution in [0.15, 0.2) is 83.9 Å². The summed E-state index contributed by atoms with van der Waals surface area (Å²) in [6, 6.07) is 24.4. The summed E-state index contributed by atoms with van der Waals surface area (Å²) in [7, 11) is 0. The minimum atomic E-state index is -0.663. The third kappa shape index (κ3) is 9.39. The lowest BCUT2D eigenvalue weighted by molar-refractivity contribution is -0.122. The van der Waals surface area contributed by atoms with Gasteiger partial charge in [-0.15, -0.1) is 0 Å².